The summed E-state index contributed by atoms with van der Waals surface area (Å²) in [6.45, 7) is 7.44. The van der Waals surface area contributed by atoms with Gasteiger partial charge in [-0.3, -0.25) is 4.79 Å². The van der Waals surface area contributed by atoms with Gasteiger partial charge >= 0.3 is 0 Å². The first-order valence-corrected chi connectivity index (χ1v) is 11.0. The monoisotopic (exact) mass is 401 g/mol. The molecule has 1 atom stereocenters. The molecule has 0 spiro atoms. The zero-order valence-corrected chi connectivity index (χ0v) is 17.5. The van der Waals surface area contributed by atoms with Crippen molar-refractivity contribution in [3.05, 3.63) is 40.2 Å². The fourth-order valence-corrected chi connectivity index (χ4v) is 4.12. The molecule has 0 aliphatic carbocycles. The molecule has 1 saturated heterocycles. The number of H-pyrrole nitrogens is 1. The maximum Gasteiger partial charge on any atom is 0.248 e. The number of aliphatic hydroxyl groups excluding tert-OH is 1. The molecule has 0 radical (unpaired) electrons. The zero-order chi connectivity index (χ0) is 20.6. The third-order valence-electron chi connectivity index (χ3n) is 6.06. The molecule has 6 nitrogen and oxygen atoms in total. The van der Waals surface area contributed by atoms with Crippen LogP contribution in [0.15, 0.2) is 29.1 Å². The van der Waals surface area contributed by atoms with Gasteiger partial charge in [0.25, 0.3) is 0 Å². The lowest BCUT2D eigenvalue weighted by atomic mass is 9.99. The van der Waals surface area contributed by atoms with E-state index in [1.807, 2.05) is 0 Å². The van der Waals surface area contributed by atoms with Crippen LogP contribution in [0.25, 0.3) is 10.9 Å². The fraction of sp³-hybridized carbons (Fsp3) is 0.609. The lowest BCUT2D eigenvalue weighted by Gasteiger charge is -2.30. The van der Waals surface area contributed by atoms with Gasteiger partial charge in [0.2, 0.25) is 5.56 Å². The second-order valence-electron chi connectivity index (χ2n) is 8.44. The number of aromatic amines is 1. The normalized spacial score (nSPS) is 17.0. The first kappa shape index (κ1) is 21.8. The molecule has 29 heavy (non-hydrogen) atoms. The Hall–Kier alpha value is -1.89. The standard InChI is InChI=1S/C23H35N3O3/c1-17-10-14-26(15-11-17)13-5-3-2-4-12-24-16-21(28)18-6-8-20(27)23-19(18)7-9-22(29)25-23/h6-9,17,21,24,27-28H,2-5,10-16H2,1H3,(H,25,29)/t21-/m0/s1. The van der Waals surface area contributed by atoms with Crippen molar-refractivity contribution in [2.45, 2.75) is 51.6 Å². The zero-order valence-electron chi connectivity index (χ0n) is 17.5. The number of unbranched alkanes of at least 4 members (excludes halogenated alkanes) is 3. The van der Waals surface area contributed by atoms with Gasteiger partial charge in [0.1, 0.15) is 5.75 Å². The minimum atomic E-state index is -0.689. The molecule has 6 heteroatoms. The van der Waals surface area contributed by atoms with Crippen LogP contribution in [0.4, 0.5) is 0 Å². The highest BCUT2D eigenvalue weighted by Gasteiger charge is 2.15. The number of rotatable bonds is 10. The first-order valence-electron chi connectivity index (χ1n) is 11.0. The third-order valence-corrected chi connectivity index (χ3v) is 6.06. The predicted molar refractivity (Wildman–Crippen MR) is 117 cm³/mol. The maximum absolute atomic E-state index is 11.5. The van der Waals surface area contributed by atoms with Gasteiger partial charge in [-0.15, -0.1) is 0 Å². The van der Waals surface area contributed by atoms with Crippen LogP contribution in [0.2, 0.25) is 0 Å². The Balaban J connectivity index is 1.33. The molecular formula is C23H35N3O3. The van der Waals surface area contributed by atoms with Crippen LogP contribution in [0.3, 0.4) is 0 Å². The molecule has 0 saturated carbocycles. The largest absolute Gasteiger partial charge is 0.506 e. The molecule has 0 bridgehead atoms. The van der Waals surface area contributed by atoms with E-state index in [1.165, 1.54) is 63.9 Å². The van der Waals surface area contributed by atoms with Gasteiger partial charge in [0, 0.05) is 18.0 Å². The van der Waals surface area contributed by atoms with Crippen molar-refractivity contribution in [2.75, 3.05) is 32.7 Å². The Kier molecular flexibility index (Phi) is 8.09. The third kappa shape index (κ3) is 6.29. The summed E-state index contributed by atoms with van der Waals surface area (Å²) in [5.74, 6) is 0.912. The van der Waals surface area contributed by atoms with Crippen LogP contribution >= 0.6 is 0 Å². The number of nitrogens with zero attached hydrogens (tertiary/aromatic N) is 1. The number of likely N-dealkylation sites (tertiary alicyclic amines) is 1. The SMILES string of the molecule is CC1CCN(CCCCCCNC[C@H](O)c2ccc(O)c3[nH]c(=O)ccc23)CC1. The highest BCUT2D eigenvalue weighted by atomic mass is 16.3. The van der Waals surface area contributed by atoms with Gasteiger partial charge in [-0.2, -0.15) is 0 Å². The Bertz CT molecular complexity index is 828. The van der Waals surface area contributed by atoms with E-state index in [4.69, 9.17) is 0 Å². The van der Waals surface area contributed by atoms with Crippen LogP contribution in [0.5, 0.6) is 5.75 Å². The van der Waals surface area contributed by atoms with Gasteiger partial charge in [0.15, 0.2) is 0 Å². The molecular weight excluding hydrogens is 366 g/mol. The number of hydrogen-bond acceptors (Lipinski definition) is 5. The van der Waals surface area contributed by atoms with Crippen LogP contribution in [-0.2, 0) is 0 Å². The van der Waals surface area contributed by atoms with E-state index in [-0.39, 0.29) is 11.3 Å². The lowest BCUT2D eigenvalue weighted by Crippen LogP contribution is -2.33. The molecule has 2 heterocycles. The van der Waals surface area contributed by atoms with Crippen molar-refractivity contribution < 1.29 is 10.2 Å². The Labute approximate surface area is 172 Å². The average Bonchev–Trinajstić information content (AvgIpc) is 2.72. The minimum absolute atomic E-state index is 0.0145. The van der Waals surface area contributed by atoms with Crippen LogP contribution in [0, 0.1) is 5.92 Å². The topological polar surface area (TPSA) is 88.6 Å². The number of nitrogens with one attached hydrogen (secondary N) is 2. The van der Waals surface area contributed by atoms with E-state index in [1.54, 1.807) is 12.1 Å². The molecule has 1 aromatic heterocycles. The fourth-order valence-electron chi connectivity index (χ4n) is 4.12. The van der Waals surface area contributed by atoms with E-state index >= 15 is 0 Å². The molecule has 1 aliphatic heterocycles. The maximum atomic E-state index is 11.5. The van der Waals surface area contributed by atoms with Gasteiger partial charge < -0.3 is 25.4 Å². The Morgan fingerprint density at radius 2 is 1.90 bits per heavy atom. The number of aromatic hydroxyl groups is 1. The number of aliphatic hydroxyl groups is 1. The van der Waals surface area contributed by atoms with Crippen LogP contribution < -0.4 is 10.9 Å². The van der Waals surface area contributed by atoms with Crippen molar-refractivity contribution in [2.24, 2.45) is 5.92 Å². The molecule has 3 rings (SSSR count). The highest BCUT2D eigenvalue weighted by Crippen LogP contribution is 2.28. The highest BCUT2D eigenvalue weighted by molar-refractivity contribution is 5.87. The summed E-state index contributed by atoms with van der Waals surface area (Å²) in [6.07, 6.45) is 6.84. The lowest BCUT2D eigenvalue weighted by molar-refractivity contribution is 0.176. The van der Waals surface area contributed by atoms with Crippen molar-refractivity contribution >= 4 is 10.9 Å². The summed E-state index contributed by atoms with van der Waals surface area (Å²) in [6, 6.07) is 6.29. The van der Waals surface area contributed by atoms with Crippen LogP contribution in [-0.4, -0.2) is 52.8 Å². The Morgan fingerprint density at radius 1 is 1.14 bits per heavy atom. The second-order valence-corrected chi connectivity index (χ2v) is 8.44. The summed E-state index contributed by atoms with van der Waals surface area (Å²) < 4.78 is 0. The van der Waals surface area contributed by atoms with Gasteiger partial charge in [-0.05, 0) is 75.5 Å². The van der Waals surface area contributed by atoms with Gasteiger partial charge in [0.05, 0.1) is 11.6 Å². The van der Waals surface area contributed by atoms with E-state index in [9.17, 15) is 15.0 Å². The first-order chi connectivity index (χ1) is 14.0. The number of aromatic nitrogens is 1. The molecule has 1 aromatic carbocycles. The van der Waals surface area contributed by atoms with Crippen molar-refractivity contribution in [3.8, 4) is 5.75 Å². The van der Waals surface area contributed by atoms with E-state index in [0.717, 1.165) is 18.9 Å². The number of piperidine rings is 1. The molecule has 2 aromatic rings. The summed E-state index contributed by atoms with van der Waals surface area (Å²) in [5, 5.41) is 24.5. The summed E-state index contributed by atoms with van der Waals surface area (Å²) in [5.41, 5.74) is 0.807. The average molecular weight is 402 g/mol. The second kappa shape index (κ2) is 10.8. The summed E-state index contributed by atoms with van der Waals surface area (Å²) in [4.78, 5) is 16.7. The van der Waals surface area contributed by atoms with E-state index < -0.39 is 6.10 Å². The summed E-state index contributed by atoms with van der Waals surface area (Å²) in [7, 11) is 0. The quantitative estimate of drug-likeness (QED) is 0.459. The molecule has 160 valence electrons. The van der Waals surface area contributed by atoms with Gasteiger partial charge in [-0.25, -0.2) is 0 Å². The number of phenolic OH excluding ortho intramolecular Hbond substituents is 1. The molecule has 4 N–H and O–H groups in total. The number of hydrogen-bond donors (Lipinski definition) is 4. The summed E-state index contributed by atoms with van der Waals surface area (Å²) >= 11 is 0. The minimum Gasteiger partial charge on any atom is -0.506 e. The predicted octanol–water partition coefficient (Wildman–Crippen LogP) is 3.15. The van der Waals surface area contributed by atoms with Crippen molar-refractivity contribution in [1.29, 1.82) is 0 Å². The van der Waals surface area contributed by atoms with Crippen molar-refractivity contribution in [3.63, 3.8) is 0 Å². The van der Waals surface area contributed by atoms with Crippen molar-refractivity contribution in [1.82, 2.24) is 15.2 Å². The van der Waals surface area contributed by atoms with Gasteiger partial charge in [-0.1, -0.05) is 25.8 Å². The number of fused-ring (bicyclic) bond motifs is 1. The molecule has 0 unspecified atom stereocenters. The number of benzene rings is 1. The van der Waals surface area contributed by atoms with E-state index in [0.29, 0.717) is 23.0 Å². The molecule has 0 amide bonds. The number of pyridine rings is 1. The van der Waals surface area contributed by atoms with Crippen LogP contribution in [0.1, 0.15) is 57.1 Å². The van der Waals surface area contributed by atoms with E-state index in [2.05, 4.69) is 22.1 Å². The Morgan fingerprint density at radius 3 is 2.69 bits per heavy atom. The number of phenols is 1. The smallest absolute Gasteiger partial charge is 0.248 e. The molecule has 1 aliphatic rings. The molecule has 1 fully saturated rings.